The van der Waals surface area contributed by atoms with Gasteiger partial charge < -0.3 is 11.1 Å². The Morgan fingerprint density at radius 2 is 2.05 bits per heavy atom. The molecule has 2 unspecified atom stereocenters. The summed E-state index contributed by atoms with van der Waals surface area (Å²) in [6.07, 6.45) is -0.606. The Hall–Kier alpha value is -1.34. The number of hydrogen-bond donors (Lipinski definition) is 2. The predicted molar refractivity (Wildman–Crippen MR) is 73.0 cm³/mol. The van der Waals surface area contributed by atoms with Crippen LogP contribution >= 0.6 is 15.9 Å². The van der Waals surface area contributed by atoms with Gasteiger partial charge in [0.05, 0.1) is 17.2 Å². The zero-order chi connectivity index (χ0) is 14.9. The first-order valence-corrected chi connectivity index (χ1v) is 6.68. The first-order valence-electron chi connectivity index (χ1n) is 5.89. The summed E-state index contributed by atoms with van der Waals surface area (Å²) in [5.74, 6) is -0.777. The van der Waals surface area contributed by atoms with Crippen molar-refractivity contribution in [2.75, 3.05) is 5.32 Å². The van der Waals surface area contributed by atoms with Crippen LogP contribution in [0, 0.1) is 5.92 Å². The Bertz CT molecular complexity index is 557. The maximum Gasteiger partial charge on any atom is 0.416 e. The van der Waals surface area contributed by atoms with E-state index in [0.717, 1.165) is 12.1 Å². The van der Waals surface area contributed by atoms with E-state index in [0.29, 0.717) is 10.9 Å². The van der Waals surface area contributed by atoms with E-state index in [1.807, 2.05) is 0 Å². The number of carbonyl (C=O) groups is 1. The van der Waals surface area contributed by atoms with Crippen LogP contribution in [0.5, 0.6) is 0 Å². The molecule has 0 saturated carbocycles. The van der Waals surface area contributed by atoms with Gasteiger partial charge in [-0.2, -0.15) is 13.2 Å². The first-order chi connectivity index (χ1) is 9.27. The zero-order valence-corrected chi connectivity index (χ0v) is 11.8. The van der Waals surface area contributed by atoms with Gasteiger partial charge in [0.25, 0.3) is 0 Å². The molecule has 0 saturated heterocycles. The highest BCUT2D eigenvalue weighted by Gasteiger charge is 2.31. The van der Waals surface area contributed by atoms with Crippen molar-refractivity contribution in [3.63, 3.8) is 0 Å². The summed E-state index contributed by atoms with van der Waals surface area (Å²) in [6, 6.07) is 2.93. The molecular weight excluding hydrogens is 337 g/mol. The second-order valence-corrected chi connectivity index (χ2v) is 5.43. The van der Waals surface area contributed by atoms with Gasteiger partial charge in [0.15, 0.2) is 0 Å². The summed E-state index contributed by atoms with van der Waals surface area (Å²) in [5.41, 5.74) is 4.93. The molecule has 1 aromatic rings. The highest BCUT2D eigenvalue weighted by atomic mass is 79.9. The van der Waals surface area contributed by atoms with Crippen LogP contribution in [-0.2, 0) is 11.0 Å². The van der Waals surface area contributed by atoms with Crippen LogP contribution in [0.4, 0.5) is 18.9 Å². The molecule has 0 radical (unpaired) electrons. The van der Waals surface area contributed by atoms with Crippen LogP contribution in [0.1, 0.15) is 12.0 Å². The van der Waals surface area contributed by atoms with Gasteiger partial charge in [-0.15, -0.1) is 0 Å². The second kappa shape index (κ2) is 5.57. The van der Waals surface area contributed by atoms with E-state index in [1.165, 1.54) is 6.07 Å². The van der Waals surface area contributed by atoms with E-state index in [9.17, 15) is 18.0 Å². The summed E-state index contributed by atoms with van der Waals surface area (Å²) < 4.78 is 38.3. The molecule has 108 valence electrons. The number of hydrogen-bond acceptors (Lipinski definition) is 2. The molecule has 20 heavy (non-hydrogen) atoms. The van der Waals surface area contributed by atoms with Crippen LogP contribution in [0.3, 0.4) is 0 Å². The third kappa shape index (κ3) is 3.40. The Balaban J connectivity index is 2.17. The molecule has 1 aliphatic carbocycles. The third-order valence-electron chi connectivity index (χ3n) is 3.01. The molecule has 0 aliphatic heterocycles. The number of nitrogens with one attached hydrogen (secondary N) is 1. The van der Waals surface area contributed by atoms with Gasteiger partial charge in [-0.1, -0.05) is 12.2 Å². The molecule has 0 bridgehead atoms. The lowest BCUT2D eigenvalue weighted by Crippen LogP contribution is -2.24. The molecule has 0 fully saturated rings. The third-order valence-corrected chi connectivity index (χ3v) is 3.70. The molecule has 0 heterocycles. The number of halogens is 4. The van der Waals surface area contributed by atoms with Gasteiger partial charge in [0.2, 0.25) is 5.91 Å². The molecule has 1 aliphatic rings. The summed E-state index contributed by atoms with van der Waals surface area (Å²) >= 11 is 3.12. The maximum absolute atomic E-state index is 12.6. The molecule has 3 N–H and O–H groups in total. The minimum absolute atomic E-state index is 0.0960. The number of amides is 1. The summed E-state index contributed by atoms with van der Waals surface area (Å²) in [6.45, 7) is 0. The quantitative estimate of drug-likeness (QED) is 0.805. The highest BCUT2D eigenvalue weighted by Crippen LogP contribution is 2.34. The van der Waals surface area contributed by atoms with E-state index >= 15 is 0 Å². The fraction of sp³-hybridized carbons (Fsp3) is 0.308. The van der Waals surface area contributed by atoms with Gasteiger partial charge in [0.1, 0.15) is 0 Å². The largest absolute Gasteiger partial charge is 0.416 e. The van der Waals surface area contributed by atoms with Crippen molar-refractivity contribution in [1.29, 1.82) is 0 Å². The SMILES string of the molecule is NC1C=CC(C(=O)Nc2cc(C(F)(F)F)ccc2Br)C1. The van der Waals surface area contributed by atoms with Crippen molar-refractivity contribution in [3.8, 4) is 0 Å². The van der Waals surface area contributed by atoms with Gasteiger partial charge in [-0.3, -0.25) is 4.79 Å². The second-order valence-electron chi connectivity index (χ2n) is 4.57. The number of nitrogens with two attached hydrogens (primary N) is 1. The van der Waals surface area contributed by atoms with E-state index in [4.69, 9.17) is 5.73 Å². The summed E-state index contributed by atoms with van der Waals surface area (Å²) in [7, 11) is 0. The van der Waals surface area contributed by atoms with Crippen molar-refractivity contribution >= 4 is 27.5 Å². The molecular formula is C13H12BrF3N2O. The van der Waals surface area contributed by atoms with Crippen LogP contribution < -0.4 is 11.1 Å². The first kappa shape index (κ1) is 15.1. The lowest BCUT2D eigenvalue weighted by atomic mass is 10.1. The number of alkyl halides is 3. The minimum atomic E-state index is -4.45. The molecule has 0 spiro atoms. The Labute approximate surface area is 122 Å². The number of rotatable bonds is 2. The number of carbonyl (C=O) groups excluding carboxylic acids is 1. The normalized spacial score (nSPS) is 22.1. The van der Waals surface area contributed by atoms with Crippen molar-refractivity contribution in [2.24, 2.45) is 11.7 Å². The topological polar surface area (TPSA) is 55.1 Å². The summed E-state index contributed by atoms with van der Waals surface area (Å²) in [5, 5.41) is 2.49. The maximum atomic E-state index is 12.6. The lowest BCUT2D eigenvalue weighted by molar-refractivity contribution is -0.137. The number of anilines is 1. The Kier molecular flexibility index (Phi) is 4.19. The average molecular weight is 349 g/mol. The van der Waals surface area contributed by atoms with Gasteiger partial charge in [-0.05, 0) is 40.5 Å². The molecule has 1 aromatic carbocycles. The smallest absolute Gasteiger partial charge is 0.325 e. The van der Waals surface area contributed by atoms with Gasteiger partial charge in [-0.25, -0.2) is 0 Å². The zero-order valence-electron chi connectivity index (χ0n) is 10.2. The van der Waals surface area contributed by atoms with Crippen LogP contribution in [0.15, 0.2) is 34.8 Å². The van der Waals surface area contributed by atoms with Crippen molar-refractivity contribution in [3.05, 3.63) is 40.4 Å². The van der Waals surface area contributed by atoms with Crippen LogP contribution in [0.25, 0.3) is 0 Å². The van der Waals surface area contributed by atoms with E-state index < -0.39 is 17.7 Å². The fourth-order valence-electron chi connectivity index (χ4n) is 1.94. The minimum Gasteiger partial charge on any atom is -0.325 e. The van der Waals surface area contributed by atoms with Crippen molar-refractivity contribution in [2.45, 2.75) is 18.6 Å². The van der Waals surface area contributed by atoms with Gasteiger partial charge in [0, 0.05) is 10.5 Å². The van der Waals surface area contributed by atoms with Crippen LogP contribution in [0.2, 0.25) is 0 Å². The van der Waals surface area contributed by atoms with E-state index in [2.05, 4.69) is 21.2 Å². The van der Waals surface area contributed by atoms with Crippen molar-refractivity contribution < 1.29 is 18.0 Å². The van der Waals surface area contributed by atoms with E-state index in [1.54, 1.807) is 12.2 Å². The molecule has 2 atom stereocenters. The molecule has 2 rings (SSSR count). The van der Waals surface area contributed by atoms with E-state index in [-0.39, 0.29) is 17.6 Å². The number of benzene rings is 1. The fourth-order valence-corrected chi connectivity index (χ4v) is 2.29. The highest BCUT2D eigenvalue weighted by molar-refractivity contribution is 9.10. The lowest BCUT2D eigenvalue weighted by Gasteiger charge is -2.14. The average Bonchev–Trinajstić information content (AvgIpc) is 2.77. The molecule has 1 amide bonds. The predicted octanol–water partition coefficient (Wildman–Crippen LogP) is 3.31. The summed E-state index contributed by atoms with van der Waals surface area (Å²) in [4.78, 5) is 12.0. The standard InChI is InChI=1S/C13H12BrF3N2O/c14-10-4-2-8(13(15,16)17)6-11(10)19-12(20)7-1-3-9(18)5-7/h1-4,6-7,9H,5,18H2,(H,19,20). The van der Waals surface area contributed by atoms with Gasteiger partial charge >= 0.3 is 6.18 Å². The molecule has 0 aromatic heterocycles. The van der Waals surface area contributed by atoms with Crippen molar-refractivity contribution in [1.82, 2.24) is 0 Å². The Morgan fingerprint density at radius 1 is 1.35 bits per heavy atom. The molecule has 3 nitrogen and oxygen atoms in total. The van der Waals surface area contributed by atoms with Crippen LogP contribution in [-0.4, -0.2) is 11.9 Å². The monoisotopic (exact) mass is 348 g/mol. The Morgan fingerprint density at radius 3 is 2.60 bits per heavy atom. The molecule has 7 heteroatoms.